The monoisotopic (exact) mass is 275 g/mol. The predicted octanol–water partition coefficient (Wildman–Crippen LogP) is 2.87. The average Bonchev–Trinajstić information content (AvgIpc) is 2.53. The lowest BCUT2D eigenvalue weighted by atomic mass is 9.79. The summed E-state index contributed by atoms with van der Waals surface area (Å²) in [6.07, 6.45) is 11.1. The number of likely N-dealkylation sites (N-methyl/N-ethyl adjacent to an activating group) is 1. The molecule has 0 aromatic carbocycles. The first-order valence-electron chi connectivity index (χ1n) is 8.01. The van der Waals surface area contributed by atoms with Crippen LogP contribution in [0.25, 0.3) is 0 Å². The molecule has 0 amide bonds. The van der Waals surface area contributed by atoms with Crippen LogP contribution in [0.2, 0.25) is 0 Å². The second-order valence-corrected chi connectivity index (χ2v) is 6.22. The minimum absolute atomic E-state index is 0.400. The van der Waals surface area contributed by atoms with Crippen molar-refractivity contribution in [3.8, 4) is 0 Å². The highest BCUT2D eigenvalue weighted by atomic mass is 15.1. The molecule has 1 saturated carbocycles. The SMILES string of the molecule is CNC1(CCN(C)CCc2ccccn2)CCCCC1. The van der Waals surface area contributed by atoms with Gasteiger partial charge in [0.15, 0.2) is 0 Å². The molecule has 0 atom stereocenters. The van der Waals surface area contributed by atoms with Gasteiger partial charge in [0.05, 0.1) is 0 Å². The van der Waals surface area contributed by atoms with Crippen LogP contribution in [0.3, 0.4) is 0 Å². The maximum atomic E-state index is 4.39. The first-order valence-corrected chi connectivity index (χ1v) is 8.01. The Morgan fingerprint density at radius 1 is 1.20 bits per heavy atom. The molecule has 0 radical (unpaired) electrons. The van der Waals surface area contributed by atoms with Gasteiger partial charge in [0, 0.05) is 30.4 Å². The van der Waals surface area contributed by atoms with Crippen molar-refractivity contribution in [2.24, 2.45) is 0 Å². The van der Waals surface area contributed by atoms with Gasteiger partial charge in [0.2, 0.25) is 0 Å². The van der Waals surface area contributed by atoms with Crippen molar-refractivity contribution in [2.45, 2.75) is 50.5 Å². The molecule has 20 heavy (non-hydrogen) atoms. The molecule has 2 rings (SSSR count). The number of hydrogen-bond acceptors (Lipinski definition) is 3. The third-order valence-electron chi connectivity index (χ3n) is 4.79. The summed E-state index contributed by atoms with van der Waals surface area (Å²) in [5.74, 6) is 0. The second-order valence-electron chi connectivity index (χ2n) is 6.22. The van der Waals surface area contributed by atoms with E-state index in [-0.39, 0.29) is 0 Å². The van der Waals surface area contributed by atoms with Gasteiger partial charge in [-0.2, -0.15) is 0 Å². The summed E-state index contributed by atoms with van der Waals surface area (Å²) in [6.45, 7) is 2.27. The number of rotatable bonds is 7. The van der Waals surface area contributed by atoms with E-state index in [1.807, 2.05) is 12.3 Å². The van der Waals surface area contributed by atoms with Gasteiger partial charge < -0.3 is 10.2 Å². The van der Waals surface area contributed by atoms with E-state index in [9.17, 15) is 0 Å². The summed E-state index contributed by atoms with van der Waals surface area (Å²) >= 11 is 0. The van der Waals surface area contributed by atoms with Crippen LogP contribution in [0.4, 0.5) is 0 Å². The van der Waals surface area contributed by atoms with Crippen molar-refractivity contribution in [3.05, 3.63) is 30.1 Å². The molecule has 0 bridgehead atoms. The Labute approximate surface area is 123 Å². The molecular formula is C17H29N3. The van der Waals surface area contributed by atoms with Crippen molar-refractivity contribution in [2.75, 3.05) is 27.2 Å². The van der Waals surface area contributed by atoms with Crippen LogP contribution >= 0.6 is 0 Å². The summed E-state index contributed by atoms with van der Waals surface area (Å²) in [4.78, 5) is 6.84. The molecule has 112 valence electrons. The Morgan fingerprint density at radius 2 is 2.00 bits per heavy atom. The molecule has 0 saturated heterocycles. The van der Waals surface area contributed by atoms with Crippen LogP contribution in [0.15, 0.2) is 24.4 Å². The van der Waals surface area contributed by atoms with Crippen LogP contribution in [0, 0.1) is 0 Å². The number of nitrogens with one attached hydrogen (secondary N) is 1. The average molecular weight is 275 g/mol. The Balaban J connectivity index is 1.72. The lowest BCUT2D eigenvalue weighted by Crippen LogP contribution is -2.46. The molecule has 0 unspecified atom stereocenters. The zero-order valence-electron chi connectivity index (χ0n) is 13.1. The Kier molecular flexibility index (Phi) is 5.99. The largest absolute Gasteiger partial charge is 0.314 e. The Bertz CT molecular complexity index is 371. The highest BCUT2D eigenvalue weighted by Gasteiger charge is 2.29. The Hall–Kier alpha value is -0.930. The van der Waals surface area contributed by atoms with E-state index in [0.717, 1.165) is 13.0 Å². The van der Waals surface area contributed by atoms with E-state index in [4.69, 9.17) is 0 Å². The molecule has 1 heterocycles. The van der Waals surface area contributed by atoms with Crippen LogP contribution in [-0.4, -0.2) is 42.6 Å². The van der Waals surface area contributed by atoms with E-state index in [0.29, 0.717) is 5.54 Å². The predicted molar refractivity (Wildman–Crippen MR) is 84.9 cm³/mol. The lowest BCUT2D eigenvalue weighted by Gasteiger charge is -2.38. The highest BCUT2D eigenvalue weighted by molar-refractivity contribution is 5.03. The minimum atomic E-state index is 0.400. The minimum Gasteiger partial charge on any atom is -0.314 e. The third-order valence-corrected chi connectivity index (χ3v) is 4.79. The first-order chi connectivity index (χ1) is 9.74. The molecule has 1 aliphatic carbocycles. The summed E-state index contributed by atoms with van der Waals surface area (Å²) < 4.78 is 0. The maximum Gasteiger partial charge on any atom is 0.0416 e. The van der Waals surface area contributed by atoms with Crippen LogP contribution < -0.4 is 5.32 Å². The van der Waals surface area contributed by atoms with Crippen molar-refractivity contribution in [1.82, 2.24) is 15.2 Å². The fourth-order valence-corrected chi connectivity index (χ4v) is 3.22. The maximum absolute atomic E-state index is 4.39. The molecular weight excluding hydrogens is 246 g/mol. The molecule has 1 N–H and O–H groups in total. The molecule has 0 aliphatic heterocycles. The number of nitrogens with zero attached hydrogens (tertiary/aromatic N) is 2. The zero-order chi connectivity index (χ0) is 14.3. The summed E-state index contributed by atoms with van der Waals surface area (Å²) in [5.41, 5.74) is 1.60. The van der Waals surface area contributed by atoms with E-state index in [2.05, 4.69) is 41.4 Å². The smallest absolute Gasteiger partial charge is 0.0416 e. The van der Waals surface area contributed by atoms with E-state index in [1.54, 1.807) is 0 Å². The lowest BCUT2D eigenvalue weighted by molar-refractivity contribution is 0.197. The van der Waals surface area contributed by atoms with Crippen molar-refractivity contribution >= 4 is 0 Å². The highest BCUT2D eigenvalue weighted by Crippen LogP contribution is 2.30. The van der Waals surface area contributed by atoms with Gasteiger partial charge in [-0.05, 0) is 52.0 Å². The quantitative estimate of drug-likeness (QED) is 0.829. The third kappa shape index (κ3) is 4.57. The molecule has 0 spiro atoms. The number of hydrogen-bond donors (Lipinski definition) is 1. The standard InChI is InChI=1S/C17H29N3/c1-18-17(10-5-3-6-11-17)12-15-20(2)14-9-16-8-4-7-13-19-16/h4,7-8,13,18H,3,5-6,9-12,14-15H2,1-2H3. The summed E-state index contributed by atoms with van der Waals surface area (Å²) in [5, 5.41) is 3.61. The second kappa shape index (κ2) is 7.75. The van der Waals surface area contributed by atoms with E-state index in [1.165, 1.54) is 50.8 Å². The Morgan fingerprint density at radius 3 is 2.65 bits per heavy atom. The number of pyridine rings is 1. The van der Waals surface area contributed by atoms with E-state index >= 15 is 0 Å². The molecule has 1 aromatic heterocycles. The van der Waals surface area contributed by atoms with Gasteiger partial charge >= 0.3 is 0 Å². The van der Waals surface area contributed by atoms with Crippen molar-refractivity contribution in [1.29, 1.82) is 0 Å². The zero-order valence-corrected chi connectivity index (χ0v) is 13.1. The van der Waals surface area contributed by atoms with Gasteiger partial charge in [-0.3, -0.25) is 4.98 Å². The van der Waals surface area contributed by atoms with Gasteiger partial charge in [0.25, 0.3) is 0 Å². The molecule has 1 aromatic rings. The normalized spacial score (nSPS) is 18.4. The molecule has 1 aliphatic rings. The first kappa shape index (κ1) is 15.5. The topological polar surface area (TPSA) is 28.2 Å². The molecule has 1 fully saturated rings. The molecule has 3 nitrogen and oxygen atoms in total. The van der Waals surface area contributed by atoms with Gasteiger partial charge in [0.1, 0.15) is 0 Å². The van der Waals surface area contributed by atoms with Crippen molar-refractivity contribution < 1.29 is 0 Å². The molecule has 3 heteroatoms. The van der Waals surface area contributed by atoms with Crippen LogP contribution in [0.1, 0.15) is 44.2 Å². The van der Waals surface area contributed by atoms with Crippen LogP contribution in [-0.2, 0) is 6.42 Å². The van der Waals surface area contributed by atoms with Gasteiger partial charge in [-0.1, -0.05) is 25.3 Å². The van der Waals surface area contributed by atoms with Gasteiger partial charge in [-0.15, -0.1) is 0 Å². The number of aromatic nitrogens is 1. The summed E-state index contributed by atoms with van der Waals surface area (Å²) in [7, 11) is 4.37. The van der Waals surface area contributed by atoms with E-state index < -0.39 is 0 Å². The fraction of sp³-hybridized carbons (Fsp3) is 0.706. The van der Waals surface area contributed by atoms with Crippen LogP contribution in [0.5, 0.6) is 0 Å². The van der Waals surface area contributed by atoms with Gasteiger partial charge in [-0.25, -0.2) is 0 Å². The van der Waals surface area contributed by atoms with Crippen molar-refractivity contribution in [3.63, 3.8) is 0 Å². The fourth-order valence-electron chi connectivity index (χ4n) is 3.22. The summed E-state index contributed by atoms with van der Waals surface area (Å²) in [6, 6.07) is 6.16.